The fraction of sp³-hybridized carbons (Fsp3) is 0.455. The van der Waals surface area contributed by atoms with Crippen LogP contribution in [-0.2, 0) is 4.79 Å². The summed E-state index contributed by atoms with van der Waals surface area (Å²) in [6.45, 7) is 1.29. The van der Waals surface area contributed by atoms with Crippen LogP contribution in [0.3, 0.4) is 0 Å². The minimum absolute atomic E-state index is 0.0903. The largest absolute Gasteiger partial charge is 0.481 e. The summed E-state index contributed by atoms with van der Waals surface area (Å²) >= 11 is 6.05. The summed E-state index contributed by atoms with van der Waals surface area (Å²) in [5, 5.41) is 12.8. The highest BCUT2D eigenvalue weighted by atomic mass is 35.5. The summed E-state index contributed by atoms with van der Waals surface area (Å²) in [5.41, 5.74) is 0.707. The second-order valence-electron chi connectivity index (χ2n) is 3.91. The van der Waals surface area contributed by atoms with Gasteiger partial charge < -0.3 is 10.4 Å². The van der Waals surface area contributed by atoms with Crippen LogP contribution < -0.4 is 5.32 Å². The Morgan fingerprint density at radius 2 is 2.44 bits per heavy atom. The van der Waals surface area contributed by atoms with Crippen molar-refractivity contribution in [3.8, 4) is 0 Å². The Labute approximate surface area is 98.6 Å². The van der Waals surface area contributed by atoms with Crippen molar-refractivity contribution in [3.05, 3.63) is 29.0 Å². The number of pyridine rings is 1. The zero-order chi connectivity index (χ0) is 11.5. The van der Waals surface area contributed by atoms with E-state index in [-0.39, 0.29) is 5.92 Å². The molecule has 0 saturated carbocycles. The van der Waals surface area contributed by atoms with E-state index < -0.39 is 11.9 Å². The minimum atomic E-state index is -0.793. The number of carbonyl (C=O) groups is 1. The van der Waals surface area contributed by atoms with E-state index in [4.69, 9.17) is 16.7 Å². The van der Waals surface area contributed by atoms with Gasteiger partial charge in [0.2, 0.25) is 0 Å². The molecule has 0 radical (unpaired) electrons. The first kappa shape index (κ1) is 11.4. The number of carboxylic acids is 1. The second kappa shape index (κ2) is 4.80. The number of aliphatic carboxylic acids is 1. The highest BCUT2D eigenvalue weighted by molar-refractivity contribution is 6.31. The van der Waals surface area contributed by atoms with E-state index in [0.29, 0.717) is 17.3 Å². The van der Waals surface area contributed by atoms with E-state index in [2.05, 4.69) is 10.3 Å². The molecule has 1 aromatic rings. The van der Waals surface area contributed by atoms with Crippen LogP contribution in [0.15, 0.2) is 18.3 Å². The highest BCUT2D eigenvalue weighted by Gasteiger charge is 2.33. The van der Waals surface area contributed by atoms with Crippen LogP contribution in [0.5, 0.6) is 0 Å². The standard InChI is InChI=1S/C11H13ClN2O2/c12-9-2-1-4-14-10(9)7-3-5-13-6-8(7)11(15)16/h1-2,4,7-8,13H,3,5-6H2,(H,15,16). The predicted molar refractivity (Wildman–Crippen MR) is 60.6 cm³/mol. The van der Waals surface area contributed by atoms with Gasteiger partial charge in [-0.25, -0.2) is 0 Å². The van der Waals surface area contributed by atoms with Gasteiger partial charge in [0.15, 0.2) is 0 Å². The van der Waals surface area contributed by atoms with Crippen LogP contribution >= 0.6 is 11.6 Å². The zero-order valence-corrected chi connectivity index (χ0v) is 9.44. The summed E-state index contributed by atoms with van der Waals surface area (Å²) in [7, 11) is 0. The molecule has 16 heavy (non-hydrogen) atoms. The summed E-state index contributed by atoms with van der Waals surface area (Å²) in [5.74, 6) is -1.33. The molecule has 0 spiro atoms. The molecule has 2 heterocycles. The molecule has 0 aromatic carbocycles. The topological polar surface area (TPSA) is 62.2 Å². The molecule has 1 saturated heterocycles. The zero-order valence-electron chi connectivity index (χ0n) is 8.69. The van der Waals surface area contributed by atoms with Crippen LogP contribution in [0.2, 0.25) is 5.02 Å². The van der Waals surface area contributed by atoms with E-state index in [1.54, 1.807) is 18.3 Å². The molecular formula is C11H13ClN2O2. The number of aromatic nitrogens is 1. The molecule has 86 valence electrons. The number of rotatable bonds is 2. The molecule has 2 rings (SSSR count). The third-order valence-corrected chi connectivity index (χ3v) is 3.26. The number of nitrogens with one attached hydrogen (secondary N) is 1. The monoisotopic (exact) mass is 240 g/mol. The first-order valence-corrected chi connectivity index (χ1v) is 5.62. The van der Waals surface area contributed by atoms with Gasteiger partial charge in [-0.1, -0.05) is 11.6 Å². The normalized spacial score (nSPS) is 25.3. The molecule has 1 aliphatic rings. The van der Waals surface area contributed by atoms with E-state index in [1.165, 1.54) is 0 Å². The smallest absolute Gasteiger partial charge is 0.308 e. The Balaban J connectivity index is 2.30. The van der Waals surface area contributed by atoms with Crippen molar-refractivity contribution < 1.29 is 9.90 Å². The maximum absolute atomic E-state index is 11.1. The van der Waals surface area contributed by atoms with Gasteiger partial charge in [0.05, 0.1) is 16.6 Å². The summed E-state index contributed by atoms with van der Waals surface area (Å²) < 4.78 is 0. The van der Waals surface area contributed by atoms with Crippen LogP contribution in [0.1, 0.15) is 18.0 Å². The van der Waals surface area contributed by atoms with E-state index >= 15 is 0 Å². The molecule has 0 amide bonds. The maximum Gasteiger partial charge on any atom is 0.308 e. The number of piperidine rings is 1. The molecule has 1 fully saturated rings. The lowest BCUT2D eigenvalue weighted by Gasteiger charge is -2.29. The fourth-order valence-corrected chi connectivity index (χ4v) is 2.38. The summed E-state index contributed by atoms with van der Waals surface area (Å²) in [6.07, 6.45) is 2.41. The molecule has 1 aromatic heterocycles. The lowest BCUT2D eigenvalue weighted by molar-refractivity contribution is -0.143. The summed E-state index contributed by atoms with van der Waals surface area (Å²) in [4.78, 5) is 15.4. The van der Waals surface area contributed by atoms with Crippen LogP contribution in [0.4, 0.5) is 0 Å². The molecule has 2 unspecified atom stereocenters. The van der Waals surface area contributed by atoms with Gasteiger partial charge in [-0.3, -0.25) is 9.78 Å². The molecule has 1 aliphatic heterocycles. The van der Waals surface area contributed by atoms with Gasteiger partial charge in [-0.15, -0.1) is 0 Å². The third-order valence-electron chi connectivity index (χ3n) is 2.94. The van der Waals surface area contributed by atoms with Gasteiger partial charge >= 0.3 is 5.97 Å². The fourth-order valence-electron chi connectivity index (χ4n) is 2.12. The van der Waals surface area contributed by atoms with Gasteiger partial charge in [0.1, 0.15) is 0 Å². The SMILES string of the molecule is O=C(O)C1CNCCC1c1ncccc1Cl. The first-order chi connectivity index (χ1) is 7.70. The highest BCUT2D eigenvalue weighted by Crippen LogP contribution is 2.33. The van der Waals surface area contributed by atoms with Gasteiger partial charge in [-0.05, 0) is 25.1 Å². The Morgan fingerprint density at radius 1 is 1.62 bits per heavy atom. The maximum atomic E-state index is 11.1. The van der Waals surface area contributed by atoms with Crippen molar-refractivity contribution in [1.82, 2.24) is 10.3 Å². The number of hydrogen-bond donors (Lipinski definition) is 2. The Bertz CT molecular complexity index is 397. The Hall–Kier alpha value is -1.13. The molecule has 2 N–H and O–H groups in total. The number of hydrogen-bond acceptors (Lipinski definition) is 3. The van der Waals surface area contributed by atoms with Gasteiger partial charge in [-0.2, -0.15) is 0 Å². The Kier molecular flexibility index (Phi) is 3.41. The average molecular weight is 241 g/mol. The molecule has 4 nitrogen and oxygen atoms in total. The quantitative estimate of drug-likeness (QED) is 0.823. The average Bonchev–Trinajstić information content (AvgIpc) is 2.29. The number of carboxylic acid groups (broad SMARTS) is 1. The number of nitrogens with zero attached hydrogens (tertiary/aromatic N) is 1. The minimum Gasteiger partial charge on any atom is -0.481 e. The van der Waals surface area contributed by atoms with Crippen molar-refractivity contribution in [2.75, 3.05) is 13.1 Å². The lowest BCUT2D eigenvalue weighted by atomic mass is 9.84. The van der Waals surface area contributed by atoms with Crippen LogP contribution in [0.25, 0.3) is 0 Å². The van der Waals surface area contributed by atoms with Crippen molar-refractivity contribution in [1.29, 1.82) is 0 Å². The van der Waals surface area contributed by atoms with Crippen molar-refractivity contribution in [2.24, 2.45) is 5.92 Å². The second-order valence-corrected chi connectivity index (χ2v) is 4.32. The van der Waals surface area contributed by atoms with E-state index in [1.807, 2.05) is 0 Å². The van der Waals surface area contributed by atoms with Gasteiger partial charge in [0, 0.05) is 18.7 Å². The number of halogens is 1. The van der Waals surface area contributed by atoms with Crippen molar-refractivity contribution in [2.45, 2.75) is 12.3 Å². The molecule has 0 bridgehead atoms. The van der Waals surface area contributed by atoms with Gasteiger partial charge in [0.25, 0.3) is 0 Å². The van der Waals surface area contributed by atoms with Crippen LogP contribution in [-0.4, -0.2) is 29.1 Å². The molecule has 5 heteroatoms. The Morgan fingerprint density at radius 3 is 3.12 bits per heavy atom. The lowest BCUT2D eigenvalue weighted by Crippen LogP contribution is -2.40. The molecular weight excluding hydrogens is 228 g/mol. The van der Waals surface area contributed by atoms with Crippen molar-refractivity contribution in [3.63, 3.8) is 0 Å². The van der Waals surface area contributed by atoms with Crippen molar-refractivity contribution >= 4 is 17.6 Å². The van der Waals surface area contributed by atoms with E-state index in [9.17, 15) is 4.79 Å². The summed E-state index contributed by atoms with van der Waals surface area (Å²) in [6, 6.07) is 3.51. The molecule has 2 atom stereocenters. The van der Waals surface area contributed by atoms with E-state index in [0.717, 1.165) is 13.0 Å². The predicted octanol–water partition coefficient (Wildman–Crippen LogP) is 1.51. The van der Waals surface area contributed by atoms with Crippen LogP contribution in [0, 0.1) is 5.92 Å². The third kappa shape index (κ3) is 2.18. The molecule has 0 aliphatic carbocycles. The first-order valence-electron chi connectivity index (χ1n) is 5.24.